The molecule has 0 amide bonds. The van der Waals surface area contributed by atoms with Gasteiger partial charge in [0.1, 0.15) is 0 Å². The Balaban J connectivity index is 2.32. The van der Waals surface area contributed by atoms with Crippen LogP contribution < -0.4 is 4.72 Å². The Morgan fingerprint density at radius 2 is 1.90 bits per heavy atom. The molecule has 1 fully saturated rings. The Bertz CT molecular complexity index is 724. The minimum atomic E-state index is -3.98. The number of nitrogens with one attached hydrogen (secondary N) is 1. The number of hydrogen-bond acceptors (Lipinski definition) is 5. The number of hydrogen-bond donors (Lipinski definition) is 1. The first-order chi connectivity index (χ1) is 9.62. The second-order valence-corrected chi connectivity index (χ2v) is 9.48. The van der Waals surface area contributed by atoms with Crippen LogP contribution in [0.1, 0.15) is 19.8 Å². The van der Waals surface area contributed by atoms with Crippen molar-refractivity contribution in [3.8, 4) is 0 Å². The molecule has 1 atom stereocenters. The molecule has 1 saturated heterocycles. The molecule has 0 aromatic heterocycles. The number of rotatable bonds is 4. The summed E-state index contributed by atoms with van der Waals surface area (Å²) < 4.78 is 55.2. The van der Waals surface area contributed by atoms with E-state index in [1.807, 2.05) is 0 Å². The Morgan fingerprint density at radius 1 is 1.24 bits per heavy atom. The lowest BCUT2D eigenvalue weighted by molar-refractivity contribution is 0.0386. The van der Waals surface area contributed by atoms with E-state index in [0.29, 0.717) is 13.0 Å². The Morgan fingerprint density at radius 3 is 2.48 bits per heavy atom. The SMILES string of the molecule is CC1(NS(=O)(=O)c2cccc(S(=O)(=O)Cl)c2)CCCOC1. The van der Waals surface area contributed by atoms with Gasteiger partial charge in [0.15, 0.2) is 0 Å². The van der Waals surface area contributed by atoms with Crippen LogP contribution in [0.2, 0.25) is 0 Å². The van der Waals surface area contributed by atoms with Crippen molar-refractivity contribution >= 4 is 29.8 Å². The quantitative estimate of drug-likeness (QED) is 0.828. The second kappa shape index (κ2) is 5.85. The van der Waals surface area contributed by atoms with Crippen LogP contribution in [0.4, 0.5) is 0 Å². The number of ether oxygens (including phenoxy) is 1. The Kier molecular flexibility index (Phi) is 4.65. The van der Waals surface area contributed by atoms with Crippen LogP contribution in [0.5, 0.6) is 0 Å². The highest BCUT2D eigenvalue weighted by molar-refractivity contribution is 8.13. The van der Waals surface area contributed by atoms with Gasteiger partial charge in [-0.05, 0) is 38.0 Å². The summed E-state index contributed by atoms with van der Waals surface area (Å²) in [5, 5.41) is 0. The van der Waals surface area contributed by atoms with Gasteiger partial charge < -0.3 is 4.74 Å². The average Bonchev–Trinajstić information content (AvgIpc) is 2.37. The van der Waals surface area contributed by atoms with Crippen molar-refractivity contribution in [1.29, 1.82) is 0 Å². The number of halogens is 1. The molecule has 6 nitrogen and oxygen atoms in total. The van der Waals surface area contributed by atoms with Gasteiger partial charge in [-0.25, -0.2) is 21.6 Å². The predicted molar refractivity (Wildman–Crippen MR) is 78.3 cm³/mol. The summed E-state index contributed by atoms with van der Waals surface area (Å²) in [4.78, 5) is -0.395. The molecular weight excluding hydrogens is 338 g/mol. The standard InChI is InChI=1S/C12H16ClNO5S2/c1-12(6-3-7-19-9-12)14-21(17,18)11-5-2-4-10(8-11)20(13,15)16/h2,4-5,8,14H,3,6-7,9H2,1H3. The van der Waals surface area contributed by atoms with E-state index >= 15 is 0 Å². The van der Waals surface area contributed by atoms with Crippen molar-refractivity contribution in [1.82, 2.24) is 4.72 Å². The van der Waals surface area contributed by atoms with Gasteiger partial charge in [-0.3, -0.25) is 0 Å². The summed E-state index contributed by atoms with van der Waals surface area (Å²) in [7, 11) is -2.60. The monoisotopic (exact) mass is 353 g/mol. The van der Waals surface area contributed by atoms with Gasteiger partial charge in [0.2, 0.25) is 10.0 Å². The normalized spacial score (nSPS) is 23.9. The fraction of sp³-hybridized carbons (Fsp3) is 0.500. The first kappa shape index (κ1) is 16.7. The average molecular weight is 354 g/mol. The van der Waals surface area contributed by atoms with Crippen LogP contribution >= 0.6 is 10.7 Å². The van der Waals surface area contributed by atoms with E-state index in [1.165, 1.54) is 18.2 Å². The molecule has 118 valence electrons. The zero-order valence-corrected chi connectivity index (χ0v) is 13.8. The molecule has 0 bridgehead atoms. The molecule has 1 aliphatic heterocycles. The molecule has 9 heteroatoms. The van der Waals surface area contributed by atoms with Crippen LogP contribution in [0.3, 0.4) is 0 Å². The van der Waals surface area contributed by atoms with Crippen molar-refractivity contribution in [2.24, 2.45) is 0 Å². The minimum absolute atomic E-state index is 0.143. The molecule has 21 heavy (non-hydrogen) atoms. The maximum atomic E-state index is 12.4. The molecule has 1 heterocycles. The highest BCUT2D eigenvalue weighted by Crippen LogP contribution is 2.23. The molecule has 2 rings (SSSR count). The highest BCUT2D eigenvalue weighted by Gasteiger charge is 2.33. The molecule has 0 radical (unpaired) electrons. The lowest BCUT2D eigenvalue weighted by atomic mass is 9.97. The second-order valence-electron chi connectivity index (χ2n) is 5.24. The molecule has 0 spiro atoms. The molecule has 1 unspecified atom stereocenters. The van der Waals surface area contributed by atoms with Crippen LogP contribution in [0.25, 0.3) is 0 Å². The summed E-state index contributed by atoms with van der Waals surface area (Å²) in [5.41, 5.74) is -0.701. The van der Waals surface area contributed by atoms with Gasteiger partial charge in [-0.2, -0.15) is 0 Å². The highest BCUT2D eigenvalue weighted by atomic mass is 35.7. The lowest BCUT2D eigenvalue weighted by Crippen LogP contribution is -2.51. The van der Waals surface area contributed by atoms with E-state index < -0.39 is 24.6 Å². The van der Waals surface area contributed by atoms with E-state index in [2.05, 4.69) is 4.72 Å². The smallest absolute Gasteiger partial charge is 0.261 e. The van der Waals surface area contributed by atoms with Crippen molar-refractivity contribution in [3.63, 3.8) is 0 Å². The van der Waals surface area contributed by atoms with Gasteiger partial charge in [0.05, 0.1) is 21.9 Å². The lowest BCUT2D eigenvalue weighted by Gasteiger charge is -2.33. The minimum Gasteiger partial charge on any atom is -0.380 e. The maximum Gasteiger partial charge on any atom is 0.261 e. The van der Waals surface area contributed by atoms with E-state index in [0.717, 1.165) is 12.5 Å². The van der Waals surface area contributed by atoms with Gasteiger partial charge in [0, 0.05) is 17.3 Å². The van der Waals surface area contributed by atoms with Crippen LogP contribution in [-0.4, -0.2) is 35.6 Å². The molecular formula is C12H16ClNO5S2. The summed E-state index contributed by atoms with van der Waals surface area (Å²) >= 11 is 0. The first-order valence-corrected chi connectivity index (χ1v) is 10.1. The van der Waals surface area contributed by atoms with Gasteiger partial charge in [0.25, 0.3) is 9.05 Å². The third-order valence-electron chi connectivity index (χ3n) is 3.22. The van der Waals surface area contributed by atoms with Gasteiger partial charge in [-0.1, -0.05) is 6.07 Å². The number of sulfonamides is 1. The molecule has 0 saturated carbocycles. The number of benzene rings is 1. The Labute approximate surface area is 128 Å². The largest absolute Gasteiger partial charge is 0.380 e. The molecule has 1 aromatic rings. The summed E-state index contributed by atoms with van der Waals surface area (Å²) in [5.74, 6) is 0. The van der Waals surface area contributed by atoms with Crippen LogP contribution in [0, 0.1) is 0 Å². The van der Waals surface area contributed by atoms with E-state index in [4.69, 9.17) is 15.4 Å². The summed E-state index contributed by atoms with van der Waals surface area (Å²) in [6.07, 6.45) is 1.41. The molecule has 0 aliphatic carbocycles. The van der Waals surface area contributed by atoms with Crippen LogP contribution in [-0.2, 0) is 23.8 Å². The first-order valence-electron chi connectivity index (χ1n) is 6.29. The van der Waals surface area contributed by atoms with Crippen LogP contribution in [0.15, 0.2) is 34.1 Å². The fourth-order valence-corrected chi connectivity index (χ4v) is 4.53. The topological polar surface area (TPSA) is 89.5 Å². The zero-order chi connectivity index (χ0) is 15.7. The molecule has 1 aromatic carbocycles. The van der Waals surface area contributed by atoms with Gasteiger partial charge >= 0.3 is 0 Å². The van der Waals surface area contributed by atoms with Crippen molar-refractivity contribution in [2.45, 2.75) is 35.1 Å². The van der Waals surface area contributed by atoms with E-state index in [1.54, 1.807) is 6.92 Å². The third-order valence-corrected chi connectivity index (χ3v) is 6.20. The van der Waals surface area contributed by atoms with E-state index in [9.17, 15) is 16.8 Å². The van der Waals surface area contributed by atoms with E-state index in [-0.39, 0.29) is 16.4 Å². The fourth-order valence-electron chi connectivity index (χ4n) is 2.19. The molecule has 1 aliphatic rings. The van der Waals surface area contributed by atoms with Crippen molar-refractivity contribution in [3.05, 3.63) is 24.3 Å². The third kappa shape index (κ3) is 4.17. The zero-order valence-electron chi connectivity index (χ0n) is 11.4. The predicted octanol–water partition coefficient (Wildman–Crippen LogP) is 1.46. The van der Waals surface area contributed by atoms with Crippen molar-refractivity contribution in [2.75, 3.05) is 13.2 Å². The van der Waals surface area contributed by atoms with Gasteiger partial charge in [-0.15, -0.1) is 0 Å². The Hall–Kier alpha value is -0.670. The summed E-state index contributed by atoms with van der Waals surface area (Å²) in [6, 6.07) is 4.94. The summed E-state index contributed by atoms with van der Waals surface area (Å²) in [6.45, 7) is 2.64. The maximum absolute atomic E-state index is 12.4. The van der Waals surface area contributed by atoms with Crippen molar-refractivity contribution < 1.29 is 21.6 Å². The molecule has 1 N–H and O–H groups in total.